The third-order valence-corrected chi connectivity index (χ3v) is 4.09. The Kier molecular flexibility index (Phi) is 4.57. The fourth-order valence-electron chi connectivity index (χ4n) is 2.01. The Balaban J connectivity index is 1.79. The molecular weight excluding hydrogens is 357 g/mol. The summed E-state index contributed by atoms with van der Waals surface area (Å²) in [5.74, 6) is -0.329. The number of amides is 1. The van der Waals surface area contributed by atoms with Gasteiger partial charge in [0.25, 0.3) is 5.91 Å². The molecule has 2 N–H and O–H groups in total. The van der Waals surface area contributed by atoms with E-state index in [2.05, 4.69) is 15.5 Å². The standard InChI is InChI=1S/C16H10Cl3N3O/c17-10-3-1-2-9(6-10)14-8-15(22-21-14)16(23)20-11-4-5-12(18)13(19)7-11/h1-8H,(H,20,23)(H,21,22). The lowest BCUT2D eigenvalue weighted by Gasteiger charge is -2.04. The normalized spacial score (nSPS) is 10.6. The quantitative estimate of drug-likeness (QED) is 0.661. The molecule has 0 spiro atoms. The minimum atomic E-state index is -0.329. The SMILES string of the molecule is O=C(Nc1ccc(Cl)c(Cl)c1)c1cc(-c2cccc(Cl)c2)n[nH]1. The smallest absolute Gasteiger partial charge is 0.273 e. The Morgan fingerprint density at radius 2 is 1.83 bits per heavy atom. The summed E-state index contributed by atoms with van der Waals surface area (Å²) in [6.45, 7) is 0. The van der Waals surface area contributed by atoms with E-state index in [1.165, 1.54) is 0 Å². The van der Waals surface area contributed by atoms with Crippen molar-refractivity contribution in [1.82, 2.24) is 10.2 Å². The van der Waals surface area contributed by atoms with Crippen LogP contribution >= 0.6 is 34.8 Å². The molecule has 2 aromatic carbocycles. The number of aromatic nitrogens is 2. The molecule has 3 aromatic rings. The zero-order valence-electron chi connectivity index (χ0n) is 11.6. The first-order chi connectivity index (χ1) is 11.0. The third-order valence-electron chi connectivity index (χ3n) is 3.12. The Labute approximate surface area is 147 Å². The summed E-state index contributed by atoms with van der Waals surface area (Å²) in [5, 5.41) is 11.0. The molecule has 1 aromatic heterocycles. The zero-order valence-corrected chi connectivity index (χ0v) is 13.9. The fourth-order valence-corrected chi connectivity index (χ4v) is 2.49. The molecule has 1 heterocycles. The van der Waals surface area contributed by atoms with Gasteiger partial charge in [-0.25, -0.2) is 0 Å². The van der Waals surface area contributed by atoms with Gasteiger partial charge in [-0.1, -0.05) is 46.9 Å². The van der Waals surface area contributed by atoms with Crippen LogP contribution in [0.25, 0.3) is 11.3 Å². The highest BCUT2D eigenvalue weighted by Crippen LogP contribution is 2.26. The lowest BCUT2D eigenvalue weighted by Crippen LogP contribution is -2.12. The zero-order chi connectivity index (χ0) is 16.4. The highest BCUT2D eigenvalue weighted by Gasteiger charge is 2.12. The molecule has 0 atom stereocenters. The van der Waals surface area contributed by atoms with Gasteiger partial charge in [-0.05, 0) is 36.4 Å². The molecule has 0 aliphatic heterocycles. The fraction of sp³-hybridized carbons (Fsp3) is 0. The van der Waals surface area contributed by atoms with E-state index in [0.717, 1.165) is 5.56 Å². The van der Waals surface area contributed by atoms with Crippen molar-refractivity contribution in [2.75, 3.05) is 5.32 Å². The van der Waals surface area contributed by atoms with E-state index in [0.29, 0.717) is 32.1 Å². The molecule has 0 fully saturated rings. The van der Waals surface area contributed by atoms with E-state index < -0.39 is 0 Å². The molecule has 0 radical (unpaired) electrons. The topological polar surface area (TPSA) is 57.8 Å². The van der Waals surface area contributed by atoms with E-state index in [4.69, 9.17) is 34.8 Å². The number of carbonyl (C=O) groups excluding carboxylic acids is 1. The van der Waals surface area contributed by atoms with Crippen LogP contribution < -0.4 is 5.32 Å². The molecule has 3 rings (SSSR count). The molecule has 0 unspecified atom stereocenters. The number of halogens is 3. The van der Waals surface area contributed by atoms with Gasteiger partial charge >= 0.3 is 0 Å². The van der Waals surface area contributed by atoms with Gasteiger partial charge in [0.2, 0.25) is 0 Å². The first-order valence-corrected chi connectivity index (χ1v) is 7.74. The lowest BCUT2D eigenvalue weighted by atomic mass is 10.1. The van der Waals surface area contributed by atoms with Crippen LogP contribution in [0.2, 0.25) is 15.1 Å². The van der Waals surface area contributed by atoms with Crippen molar-refractivity contribution in [3.05, 3.63) is 69.3 Å². The average molecular weight is 367 g/mol. The molecule has 1 amide bonds. The molecule has 7 heteroatoms. The number of benzene rings is 2. The first kappa shape index (κ1) is 15.9. The first-order valence-electron chi connectivity index (χ1n) is 6.61. The van der Waals surface area contributed by atoms with Crippen molar-refractivity contribution in [1.29, 1.82) is 0 Å². The molecule has 0 aliphatic carbocycles. The summed E-state index contributed by atoms with van der Waals surface area (Å²) in [7, 11) is 0. The van der Waals surface area contributed by atoms with Crippen LogP contribution in [0.15, 0.2) is 48.5 Å². The van der Waals surface area contributed by atoms with E-state index in [-0.39, 0.29) is 5.91 Å². The number of hydrogen-bond acceptors (Lipinski definition) is 2. The predicted molar refractivity (Wildman–Crippen MR) is 93.4 cm³/mol. The number of nitrogens with one attached hydrogen (secondary N) is 2. The van der Waals surface area contributed by atoms with Crippen LogP contribution in [0.5, 0.6) is 0 Å². The van der Waals surface area contributed by atoms with Crippen molar-refractivity contribution in [3.8, 4) is 11.3 Å². The molecule has 0 aliphatic rings. The molecule has 0 bridgehead atoms. The van der Waals surface area contributed by atoms with E-state index in [1.807, 2.05) is 12.1 Å². The minimum Gasteiger partial charge on any atom is -0.321 e. The van der Waals surface area contributed by atoms with Gasteiger partial charge in [0.15, 0.2) is 0 Å². The minimum absolute atomic E-state index is 0.325. The van der Waals surface area contributed by atoms with Gasteiger partial charge in [-0.2, -0.15) is 5.10 Å². The number of hydrogen-bond donors (Lipinski definition) is 2. The second-order valence-corrected chi connectivity index (χ2v) is 6.01. The van der Waals surface area contributed by atoms with Gasteiger partial charge in [0.1, 0.15) is 5.69 Å². The monoisotopic (exact) mass is 365 g/mol. The number of rotatable bonds is 3. The summed E-state index contributed by atoms with van der Waals surface area (Å²) < 4.78 is 0. The number of aromatic amines is 1. The highest BCUT2D eigenvalue weighted by molar-refractivity contribution is 6.42. The van der Waals surface area contributed by atoms with Gasteiger partial charge < -0.3 is 5.32 Å². The second-order valence-electron chi connectivity index (χ2n) is 4.76. The van der Waals surface area contributed by atoms with Crippen molar-refractivity contribution in [3.63, 3.8) is 0 Å². The van der Waals surface area contributed by atoms with Gasteiger partial charge in [-0.15, -0.1) is 0 Å². The van der Waals surface area contributed by atoms with Crippen molar-refractivity contribution in [2.24, 2.45) is 0 Å². The Morgan fingerprint density at radius 1 is 1.00 bits per heavy atom. The molecule has 4 nitrogen and oxygen atoms in total. The highest BCUT2D eigenvalue weighted by atomic mass is 35.5. The van der Waals surface area contributed by atoms with Crippen molar-refractivity contribution in [2.45, 2.75) is 0 Å². The van der Waals surface area contributed by atoms with Crippen LogP contribution in [-0.4, -0.2) is 16.1 Å². The maximum atomic E-state index is 12.2. The molecular formula is C16H10Cl3N3O. The molecule has 23 heavy (non-hydrogen) atoms. The maximum Gasteiger partial charge on any atom is 0.273 e. The van der Waals surface area contributed by atoms with Crippen LogP contribution in [0.4, 0.5) is 5.69 Å². The summed E-state index contributed by atoms with van der Waals surface area (Å²) in [6.07, 6.45) is 0. The maximum absolute atomic E-state index is 12.2. The number of nitrogens with zero attached hydrogens (tertiary/aromatic N) is 1. The molecule has 0 saturated heterocycles. The molecule has 0 saturated carbocycles. The summed E-state index contributed by atoms with van der Waals surface area (Å²) >= 11 is 17.7. The van der Waals surface area contributed by atoms with E-state index in [1.54, 1.807) is 36.4 Å². The van der Waals surface area contributed by atoms with Gasteiger partial charge in [0.05, 0.1) is 15.7 Å². The number of H-pyrrole nitrogens is 1. The Hall–Kier alpha value is -2.01. The van der Waals surface area contributed by atoms with Gasteiger partial charge in [-0.3, -0.25) is 9.89 Å². The Bertz CT molecular complexity index is 877. The average Bonchev–Trinajstić information content (AvgIpc) is 3.01. The largest absolute Gasteiger partial charge is 0.321 e. The van der Waals surface area contributed by atoms with E-state index in [9.17, 15) is 4.79 Å². The molecule has 116 valence electrons. The Morgan fingerprint density at radius 3 is 2.57 bits per heavy atom. The number of carbonyl (C=O) groups is 1. The van der Waals surface area contributed by atoms with Crippen LogP contribution in [0, 0.1) is 0 Å². The summed E-state index contributed by atoms with van der Waals surface area (Å²) in [4.78, 5) is 12.2. The summed E-state index contributed by atoms with van der Waals surface area (Å²) in [5.41, 5.74) is 2.32. The number of anilines is 1. The summed E-state index contributed by atoms with van der Waals surface area (Å²) in [6, 6.07) is 13.7. The lowest BCUT2D eigenvalue weighted by molar-refractivity contribution is 0.102. The van der Waals surface area contributed by atoms with Gasteiger partial charge in [0, 0.05) is 16.3 Å². The second kappa shape index (κ2) is 6.62. The van der Waals surface area contributed by atoms with Crippen molar-refractivity contribution < 1.29 is 4.79 Å². The van der Waals surface area contributed by atoms with Crippen LogP contribution in [0.3, 0.4) is 0 Å². The van der Waals surface area contributed by atoms with Crippen LogP contribution in [0.1, 0.15) is 10.5 Å². The van der Waals surface area contributed by atoms with Crippen LogP contribution in [-0.2, 0) is 0 Å². The van der Waals surface area contributed by atoms with E-state index >= 15 is 0 Å². The van der Waals surface area contributed by atoms with Crippen molar-refractivity contribution >= 4 is 46.4 Å². The third kappa shape index (κ3) is 3.67. The predicted octanol–water partition coefficient (Wildman–Crippen LogP) is 5.29.